The van der Waals surface area contributed by atoms with Crippen molar-refractivity contribution in [2.24, 2.45) is 0 Å². The van der Waals surface area contributed by atoms with E-state index in [1.54, 1.807) is 0 Å². The fourth-order valence-electron chi connectivity index (χ4n) is 2.53. The van der Waals surface area contributed by atoms with E-state index in [-0.39, 0.29) is 6.61 Å². The highest BCUT2D eigenvalue weighted by Gasteiger charge is 2.34. The van der Waals surface area contributed by atoms with Gasteiger partial charge in [0, 0.05) is 0 Å². The standard InChI is InChI=1S/C19H22O4/c20-17-13-21-14-18(22-11-15-7-3-1-4-8-15)19(17)23-12-16-9-5-2-6-10-16/h1-10,17-20H,11-14H2/t17-,18+,19+/m0/s1/i13D/t13-,17-,18+,19+. The fraction of sp³-hybridized carbons (Fsp3) is 0.368. The van der Waals surface area contributed by atoms with Crippen LogP contribution in [-0.4, -0.2) is 36.6 Å². The summed E-state index contributed by atoms with van der Waals surface area (Å²) in [5.41, 5.74) is 2.06. The number of ether oxygens (including phenoxy) is 3. The molecule has 1 heterocycles. The van der Waals surface area contributed by atoms with Crippen molar-refractivity contribution in [3.05, 3.63) is 71.8 Å². The zero-order chi connectivity index (χ0) is 16.8. The Labute approximate surface area is 138 Å². The lowest BCUT2D eigenvalue weighted by atomic mass is 10.1. The van der Waals surface area contributed by atoms with Crippen LogP contribution in [0.15, 0.2) is 60.7 Å². The molecule has 1 aliphatic rings. The molecular weight excluding hydrogens is 292 g/mol. The normalized spacial score (nSPS) is 28.3. The van der Waals surface area contributed by atoms with Crippen LogP contribution in [0, 0.1) is 0 Å². The highest BCUT2D eigenvalue weighted by atomic mass is 16.6. The number of aliphatic hydroxyl groups is 1. The molecule has 122 valence electrons. The van der Waals surface area contributed by atoms with Gasteiger partial charge in [0.15, 0.2) is 0 Å². The average molecular weight is 315 g/mol. The van der Waals surface area contributed by atoms with Crippen molar-refractivity contribution in [3.63, 3.8) is 0 Å². The molecule has 1 fully saturated rings. The van der Waals surface area contributed by atoms with Crippen LogP contribution < -0.4 is 0 Å². The van der Waals surface area contributed by atoms with E-state index in [1.807, 2.05) is 60.7 Å². The summed E-state index contributed by atoms with van der Waals surface area (Å²) in [6, 6.07) is 19.6. The number of benzene rings is 2. The number of hydrogen-bond donors (Lipinski definition) is 1. The quantitative estimate of drug-likeness (QED) is 0.890. The van der Waals surface area contributed by atoms with Gasteiger partial charge in [0.2, 0.25) is 0 Å². The van der Waals surface area contributed by atoms with Gasteiger partial charge in [-0.15, -0.1) is 0 Å². The van der Waals surface area contributed by atoms with Crippen molar-refractivity contribution in [2.75, 3.05) is 13.2 Å². The lowest BCUT2D eigenvalue weighted by Gasteiger charge is -2.35. The van der Waals surface area contributed by atoms with Gasteiger partial charge in [-0.1, -0.05) is 60.7 Å². The van der Waals surface area contributed by atoms with E-state index in [4.69, 9.17) is 15.6 Å². The third-order valence-corrected chi connectivity index (χ3v) is 3.79. The van der Waals surface area contributed by atoms with Gasteiger partial charge in [-0.25, -0.2) is 0 Å². The van der Waals surface area contributed by atoms with Crippen molar-refractivity contribution in [1.82, 2.24) is 0 Å². The van der Waals surface area contributed by atoms with E-state index < -0.39 is 24.9 Å². The molecule has 0 amide bonds. The van der Waals surface area contributed by atoms with Gasteiger partial charge in [-0.2, -0.15) is 0 Å². The van der Waals surface area contributed by atoms with Gasteiger partial charge in [-0.3, -0.25) is 0 Å². The van der Waals surface area contributed by atoms with Gasteiger partial charge in [0.25, 0.3) is 0 Å². The van der Waals surface area contributed by atoms with E-state index in [9.17, 15) is 5.11 Å². The summed E-state index contributed by atoms with van der Waals surface area (Å²) in [5.74, 6) is 0. The monoisotopic (exact) mass is 315 g/mol. The lowest BCUT2D eigenvalue weighted by Crippen LogP contribution is -2.50. The zero-order valence-electron chi connectivity index (χ0n) is 13.9. The van der Waals surface area contributed by atoms with Crippen molar-refractivity contribution >= 4 is 0 Å². The molecular formula is C19H22O4. The van der Waals surface area contributed by atoms with Crippen molar-refractivity contribution in [1.29, 1.82) is 0 Å². The van der Waals surface area contributed by atoms with E-state index in [2.05, 4.69) is 0 Å². The number of rotatable bonds is 6. The third-order valence-electron chi connectivity index (χ3n) is 3.79. The zero-order valence-corrected chi connectivity index (χ0v) is 12.9. The minimum Gasteiger partial charge on any atom is -0.388 e. The maximum absolute atomic E-state index is 10.3. The van der Waals surface area contributed by atoms with Gasteiger partial charge in [0.05, 0.1) is 27.8 Å². The Morgan fingerprint density at radius 1 is 0.957 bits per heavy atom. The molecule has 0 aromatic heterocycles. The molecule has 0 unspecified atom stereocenters. The summed E-state index contributed by atoms with van der Waals surface area (Å²) >= 11 is 0. The van der Waals surface area contributed by atoms with Gasteiger partial charge in [-0.05, 0) is 11.1 Å². The predicted molar refractivity (Wildman–Crippen MR) is 86.9 cm³/mol. The minimum absolute atomic E-state index is 0.234. The van der Waals surface area contributed by atoms with Crippen LogP contribution in [0.25, 0.3) is 0 Å². The first-order chi connectivity index (χ1) is 11.7. The van der Waals surface area contributed by atoms with Crippen LogP contribution in [0.1, 0.15) is 12.5 Å². The Morgan fingerprint density at radius 3 is 2.13 bits per heavy atom. The molecule has 3 rings (SSSR count). The summed E-state index contributed by atoms with van der Waals surface area (Å²) in [6.07, 6.45) is -2.04. The van der Waals surface area contributed by atoms with E-state index in [1.165, 1.54) is 0 Å². The van der Waals surface area contributed by atoms with Crippen molar-refractivity contribution in [2.45, 2.75) is 31.5 Å². The maximum Gasteiger partial charge on any atom is 0.114 e. The van der Waals surface area contributed by atoms with Gasteiger partial charge < -0.3 is 19.3 Å². The van der Waals surface area contributed by atoms with Crippen molar-refractivity contribution < 1.29 is 20.7 Å². The first kappa shape index (κ1) is 14.8. The summed E-state index contributed by atoms with van der Waals surface area (Å²) in [6.45, 7) is -0.00432. The molecule has 4 atom stereocenters. The van der Waals surface area contributed by atoms with Gasteiger partial charge >= 0.3 is 0 Å². The van der Waals surface area contributed by atoms with Crippen LogP contribution in [0.2, 0.25) is 0 Å². The Kier molecular flexibility index (Phi) is 5.31. The Bertz CT molecular complexity index is 607. The number of aliphatic hydroxyl groups excluding tert-OH is 1. The molecule has 1 aliphatic heterocycles. The largest absolute Gasteiger partial charge is 0.388 e. The smallest absolute Gasteiger partial charge is 0.114 e. The maximum atomic E-state index is 10.3. The number of hydrogen-bond acceptors (Lipinski definition) is 4. The molecule has 4 nitrogen and oxygen atoms in total. The topological polar surface area (TPSA) is 47.9 Å². The molecule has 2 aromatic carbocycles. The van der Waals surface area contributed by atoms with E-state index in [0.29, 0.717) is 13.2 Å². The predicted octanol–water partition coefficient (Wildman–Crippen LogP) is 2.55. The highest BCUT2D eigenvalue weighted by Crippen LogP contribution is 2.19. The molecule has 0 bridgehead atoms. The second-order valence-electron chi connectivity index (χ2n) is 5.56. The average Bonchev–Trinajstić information content (AvgIpc) is 2.63. The molecule has 0 saturated carbocycles. The molecule has 4 heteroatoms. The van der Waals surface area contributed by atoms with Crippen LogP contribution in [0.3, 0.4) is 0 Å². The summed E-state index contributed by atoms with van der Waals surface area (Å²) in [4.78, 5) is 0. The third kappa shape index (κ3) is 4.62. The molecule has 1 N–H and O–H groups in total. The second kappa shape index (κ2) is 8.22. The van der Waals surface area contributed by atoms with Gasteiger partial charge in [0.1, 0.15) is 18.3 Å². The van der Waals surface area contributed by atoms with E-state index in [0.717, 1.165) is 11.1 Å². The molecule has 0 aliphatic carbocycles. The first-order valence-corrected chi connectivity index (χ1v) is 7.77. The van der Waals surface area contributed by atoms with Crippen LogP contribution in [-0.2, 0) is 27.4 Å². The Balaban J connectivity index is 1.61. The molecule has 1 saturated heterocycles. The summed E-state index contributed by atoms with van der Waals surface area (Å²) < 4.78 is 24.8. The molecule has 0 spiro atoms. The Morgan fingerprint density at radius 2 is 1.52 bits per heavy atom. The van der Waals surface area contributed by atoms with Crippen LogP contribution in [0.4, 0.5) is 0 Å². The molecule has 23 heavy (non-hydrogen) atoms. The summed E-state index contributed by atoms with van der Waals surface area (Å²) in [5, 5.41) is 10.3. The summed E-state index contributed by atoms with van der Waals surface area (Å²) in [7, 11) is 0. The second-order valence-corrected chi connectivity index (χ2v) is 5.56. The van der Waals surface area contributed by atoms with Crippen LogP contribution in [0.5, 0.6) is 0 Å². The lowest BCUT2D eigenvalue weighted by molar-refractivity contribution is -0.195. The minimum atomic E-state index is -1.04. The van der Waals surface area contributed by atoms with Crippen molar-refractivity contribution in [3.8, 4) is 0 Å². The molecule has 2 aromatic rings. The fourth-order valence-corrected chi connectivity index (χ4v) is 2.53. The highest BCUT2D eigenvalue weighted by molar-refractivity contribution is 5.14. The Hall–Kier alpha value is -1.72. The van der Waals surface area contributed by atoms with E-state index >= 15 is 0 Å². The first-order valence-electron chi connectivity index (χ1n) is 8.35. The SMILES string of the molecule is [2H][C@@H]1OC[C@@H](OCc2ccccc2)[C@H](OCc2ccccc2)[C@H]1O. The molecule has 0 radical (unpaired) electrons. The van der Waals surface area contributed by atoms with Crippen LogP contribution >= 0.6 is 0 Å².